The molecule has 0 saturated carbocycles. The van der Waals surface area contributed by atoms with E-state index in [9.17, 15) is 9.59 Å². The number of hydrogen-bond acceptors (Lipinski definition) is 5. The first kappa shape index (κ1) is 14.2. The Morgan fingerprint density at radius 3 is 2.70 bits per heavy atom. The predicted molar refractivity (Wildman–Crippen MR) is 76.5 cm³/mol. The number of amides is 1. The second-order valence-corrected chi connectivity index (χ2v) is 4.74. The van der Waals surface area contributed by atoms with Gasteiger partial charge in [0.25, 0.3) is 0 Å². The van der Waals surface area contributed by atoms with Gasteiger partial charge in [-0.3, -0.25) is 4.79 Å². The van der Waals surface area contributed by atoms with Gasteiger partial charge in [-0.2, -0.15) is 0 Å². The third-order valence-corrected chi connectivity index (χ3v) is 3.36. The number of anilines is 2. The second-order valence-electron chi connectivity index (χ2n) is 4.74. The molecule has 0 bridgehead atoms. The number of rotatable bonds is 4. The number of carbonyl (C=O) groups excluding carboxylic acids is 2. The van der Waals surface area contributed by atoms with Gasteiger partial charge < -0.3 is 20.7 Å². The van der Waals surface area contributed by atoms with E-state index in [1.54, 1.807) is 18.2 Å². The highest BCUT2D eigenvalue weighted by molar-refractivity contribution is 5.96. The summed E-state index contributed by atoms with van der Waals surface area (Å²) in [5.74, 6) is -0.420. The van der Waals surface area contributed by atoms with Crippen LogP contribution in [0.4, 0.5) is 11.4 Å². The van der Waals surface area contributed by atoms with E-state index in [-0.39, 0.29) is 12.5 Å². The van der Waals surface area contributed by atoms with Crippen molar-refractivity contribution in [2.24, 2.45) is 0 Å². The Bertz CT molecular complexity index is 510. The van der Waals surface area contributed by atoms with E-state index < -0.39 is 5.97 Å². The average Bonchev–Trinajstić information content (AvgIpc) is 2.99. The zero-order chi connectivity index (χ0) is 14.5. The molecule has 0 aromatic heterocycles. The maximum Gasteiger partial charge on any atom is 0.340 e. The smallest absolute Gasteiger partial charge is 0.340 e. The number of carbonyl (C=O) groups is 2. The number of hydrogen-bond donors (Lipinski definition) is 2. The van der Waals surface area contributed by atoms with Crippen molar-refractivity contribution in [3.63, 3.8) is 0 Å². The molecule has 20 heavy (non-hydrogen) atoms. The van der Waals surface area contributed by atoms with E-state index >= 15 is 0 Å². The maximum atomic E-state index is 11.9. The highest BCUT2D eigenvalue weighted by Gasteiger charge is 2.17. The summed E-state index contributed by atoms with van der Waals surface area (Å²) in [6, 6.07) is 4.95. The number of nitrogen functional groups attached to an aromatic ring is 1. The molecule has 1 aromatic carbocycles. The minimum atomic E-state index is -0.489. The molecule has 0 radical (unpaired) electrons. The Labute approximate surface area is 117 Å². The normalized spacial score (nSPS) is 14.2. The van der Waals surface area contributed by atoms with Gasteiger partial charge in [0.05, 0.1) is 19.2 Å². The lowest BCUT2D eigenvalue weighted by molar-refractivity contribution is -0.128. The van der Waals surface area contributed by atoms with Crippen LogP contribution in [0, 0.1) is 0 Å². The summed E-state index contributed by atoms with van der Waals surface area (Å²) < 4.78 is 4.66. The van der Waals surface area contributed by atoms with Crippen molar-refractivity contribution in [3.05, 3.63) is 23.8 Å². The number of likely N-dealkylation sites (tertiary alicyclic amines) is 1. The summed E-state index contributed by atoms with van der Waals surface area (Å²) in [6.45, 7) is 1.87. The molecule has 1 amide bonds. The molecular formula is C14H19N3O3. The minimum Gasteiger partial charge on any atom is -0.465 e. The first-order chi connectivity index (χ1) is 9.61. The number of nitrogens with one attached hydrogen (secondary N) is 1. The highest BCUT2D eigenvalue weighted by atomic mass is 16.5. The van der Waals surface area contributed by atoms with E-state index in [0.717, 1.165) is 25.9 Å². The van der Waals surface area contributed by atoms with Gasteiger partial charge in [-0.15, -0.1) is 0 Å². The van der Waals surface area contributed by atoms with Crippen molar-refractivity contribution in [2.45, 2.75) is 12.8 Å². The number of benzene rings is 1. The summed E-state index contributed by atoms with van der Waals surface area (Å²) in [5, 5.41) is 3.01. The van der Waals surface area contributed by atoms with Crippen LogP contribution in [-0.2, 0) is 9.53 Å². The highest BCUT2D eigenvalue weighted by Crippen LogP contribution is 2.18. The lowest BCUT2D eigenvalue weighted by atomic mass is 10.1. The standard InChI is InChI=1S/C14H19N3O3/c1-20-14(19)11-8-10(4-5-12(11)15)16-9-13(18)17-6-2-3-7-17/h4-5,8,16H,2-3,6-7,9,15H2,1H3. The van der Waals surface area contributed by atoms with E-state index in [4.69, 9.17) is 5.73 Å². The number of nitrogens with zero attached hydrogens (tertiary/aromatic N) is 1. The van der Waals surface area contributed by atoms with Crippen molar-refractivity contribution in [1.29, 1.82) is 0 Å². The zero-order valence-corrected chi connectivity index (χ0v) is 11.5. The Kier molecular flexibility index (Phi) is 4.45. The topological polar surface area (TPSA) is 84.7 Å². The van der Waals surface area contributed by atoms with Crippen molar-refractivity contribution in [2.75, 3.05) is 37.8 Å². The third-order valence-electron chi connectivity index (χ3n) is 3.36. The molecule has 1 saturated heterocycles. The van der Waals surface area contributed by atoms with Crippen LogP contribution >= 0.6 is 0 Å². The minimum absolute atomic E-state index is 0.0685. The van der Waals surface area contributed by atoms with Crippen LogP contribution in [0.3, 0.4) is 0 Å². The van der Waals surface area contributed by atoms with Crippen LogP contribution in [0.1, 0.15) is 23.2 Å². The molecule has 1 fully saturated rings. The van der Waals surface area contributed by atoms with E-state index in [1.807, 2.05) is 4.90 Å². The van der Waals surface area contributed by atoms with Gasteiger partial charge in [-0.25, -0.2) is 4.79 Å². The van der Waals surface area contributed by atoms with Crippen LogP contribution in [-0.4, -0.2) is 43.5 Å². The summed E-state index contributed by atoms with van der Waals surface area (Å²) >= 11 is 0. The first-order valence-corrected chi connectivity index (χ1v) is 6.61. The van der Waals surface area contributed by atoms with E-state index in [2.05, 4.69) is 10.1 Å². The Morgan fingerprint density at radius 1 is 1.35 bits per heavy atom. The van der Waals surface area contributed by atoms with Gasteiger partial charge in [0.2, 0.25) is 5.91 Å². The molecule has 6 heteroatoms. The molecule has 6 nitrogen and oxygen atoms in total. The molecule has 0 unspecified atom stereocenters. The summed E-state index contributed by atoms with van der Waals surface area (Å²) in [6.07, 6.45) is 2.14. The van der Waals surface area contributed by atoms with Gasteiger partial charge in [0, 0.05) is 24.5 Å². The molecule has 0 aliphatic carbocycles. The predicted octanol–water partition coefficient (Wildman–Crippen LogP) is 1.09. The van der Waals surface area contributed by atoms with Crippen molar-refractivity contribution in [3.8, 4) is 0 Å². The molecule has 0 atom stereocenters. The fraction of sp³-hybridized carbons (Fsp3) is 0.429. The fourth-order valence-electron chi connectivity index (χ4n) is 2.21. The molecule has 1 heterocycles. The number of esters is 1. The van der Waals surface area contributed by atoms with E-state index in [1.165, 1.54) is 7.11 Å². The van der Waals surface area contributed by atoms with Crippen LogP contribution in [0.5, 0.6) is 0 Å². The lowest BCUT2D eigenvalue weighted by Gasteiger charge is -2.16. The quantitative estimate of drug-likeness (QED) is 0.635. The van der Waals surface area contributed by atoms with Gasteiger partial charge in [0.15, 0.2) is 0 Å². The molecule has 108 valence electrons. The molecule has 2 rings (SSSR count). The fourth-order valence-corrected chi connectivity index (χ4v) is 2.21. The van der Waals surface area contributed by atoms with Crippen LogP contribution < -0.4 is 11.1 Å². The first-order valence-electron chi connectivity index (χ1n) is 6.61. The summed E-state index contributed by atoms with van der Waals surface area (Å²) in [7, 11) is 1.30. The molecule has 1 aromatic rings. The molecular weight excluding hydrogens is 258 g/mol. The van der Waals surface area contributed by atoms with Gasteiger partial charge in [-0.1, -0.05) is 0 Å². The van der Waals surface area contributed by atoms with Gasteiger partial charge in [0.1, 0.15) is 0 Å². The summed E-state index contributed by atoms with van der Waals surface area (Å²) in [4.78, 5) is 25.3. The van der Waals surface area contributed by atoms with Crippen LogP contribution in [0.15, 0.2) is 18.2 Å². The second kappa shape index (κ2) is 6.27. The Morgan fingerprint density at radius 2 is 2.05 bits per heavy atom. The van der Waals surface area contributed by atoms with Crippen molar-refractivity contribution in [1.82, 2.24) is 4.90 Å². The SMILES string of the molecule is COC(=O)c1cc(NCC(=O)N2CCCC2)ccc1N. The average molecular weight is 277 g/mol. The largest absolute Gasteiger partial charge is 0.465 e. The molecule has 1 aliphatic rings. The van der Waals surface area contributed by atoms with Crippen molar-refractivity contribution < 1.29 is 14.3 Å². The van der Waals surface area contributed by atoms with Gasteiger partial charge >= 0.3 is 5.97 Å². The third kappa shape index (κ3) is 3.20. The van der Waals surface area contributed by atoms with Crippen molar-refractivity contribution >= 4 is 23.3 Å². The Balaban J connectivity index is 1.99. The monoisotopic (exact) mass is 277 g/mol. The van der Waals surface area contributed by atoms with Gasteiger partial charge in [-0.05, 0) is 31.0 Å². The number of ether oxygens (including phenoxy) is 1. The molecule has 1 aliphatic heterocycles. The molecule has 3 N–H and O–H groups in total. The number of nitrogens with two attached hydrogens (primary N) is 1. The molecule has 0 spiro atoms. The van der Waals surface area contributed by atoms with E-state index in [0.29, 0.717) is 16.9 Å². The van der Waals surface area contributed by atoms with Crippen LogP contribution in [0.2, 0.25) is 0 Å². The zero-order valence-electron chi connectivity index (χ0n) is 11.5. The number of methoxy groups -OCH3 is 1. The summed E-state index contributed by atoms with van der Waals surface area (Å²) in [5.41, 5.74) is 7.04. The maximum absolute atomic E-state index is 11.9. The lowest BCUT2D eigenvalue weighted by Crippen LogP contribution is -2.33. The Hall–Kier alpha value is -2.24. The van der Waals surface area contributed by atoms with Crippen LogP contribution in [0.25, 0.3) is 0 Å².